The normalized spacial score (nSPS) is 15.1. The van der Waals surface area contributed by atoms with Crippen LogP contribution in [-0.2, 0) is 11.3 Å². The summed E-state index contributed by atoms with van der Waals surface area (Å²) in [5.41, 5.74) is 0.794. The van der Waals surface area contributed by atoms with Crippen LogP contribution in [0.25, 0.3) is 0 Å². The summed E-state index contributed by atoms with van der Waals surface area (Å²) in [4.78, 5) is 12.1. The Kier molecular flexibility index (Phi) is 6.97. The third-order valence-corrected chi connectivity index (χ3v) is 5.29. The minimum Gasteiger partial charge on any atom is -0.435 e. The van der Waals surface area contributed by atoms with Gasteiger partial charge in [0, 0.05) is 6.54 Å². The summed E-state index contributed by atoms with van der Waals surface area (Å²) in [6.45, 7) is -2.54. The van der Waals surface area contributed by atoms with Crippen molar-refractivity contribution >= 4 is 17.7 Å². The summed E-state index contributed by atoms with van der Waals surface area (Å²) in [7, 11) is 0. The molecule has 0 radical (unpaired) electrons. The summed E-state index contributed by atoms with van der Waals surface area (Å²) >= 11 is 1.31. The minimum atomic E-state index is -2.85. The Bertz CT molecular complexity index is 735. The van der Waals surface area contributed by atoms with Gasteiger partial charge in [-0.1, -0.05) is 43.2 Å². The van der Waals surface area contributed by atoms with E-state index in [0.717, 1.165) is 18.4 Å². The van der Waals surface area contributed by atoms with Crippen LogP contribution in [0.4, 0.5) is 8.78 Å². The molecule has 2 aromatic rings. The van der Waals surface area contributed by atoms with Crippen LogP contribution in [0.5, 0.6) is 5.75 Å². The monoisotopic (exact) mass is 397 g/mol. The first-order valence-electron chi connectivity index (χ1n) is 8.83. The van der Waals surface area contributed by atoms with Crippen molar-refractivity contribution in [3.05, 3.63) is 29.8 Å². The van der Waals surface area contributed by atoms with E-state index in [1.807, 2.05) is 4.68 Å². The molecule has 1 aromatic heterocycles. The van der Waals surface area contributed by atoms with Crippen LogP contribution < -0.4 is 10.1 Å². The highest BCUT2D eigenvalue weighted by Gasteiger charge is 2.20. The topological polar surface area (TPSA) is 81.9 Å². The standard InChI is InChI=1S/C17H21F2N5O2S/c18-16(19)26-14-8-6-12(7-9-14)10-20-15(25)11-27-17-21-22-23-24(17)13-4-2-1-3-5-13/h6-9,13,16H,1-5,10-11H2,(H,20,25). The molecule has 0 spiro atoms. The lowest BCUT2D eigenvalue weighted by atomic mass is 9.96. The van der Waals surface area contributed by atoms with Gasteiger partial charge in [0.05, 0.1) is 11.8 Å². The molecule has 1 heterocycles. The first-order valence-corrected chi connectivity index (χ1v) is 9.81. The number of benzene rings is 1. The van der Waals surface area contributed by atoms with E-state index in [4.69, 9.17) is 0 Å². The number of rotatable bonds is 8. The Morgan fingerprint density at radius 2 is 2.00 bits per heavy atom. The highest BCUT2D eigenvalue weighted by Crippen LogP contribution is 2.30. The zero-order valence-corrected chi connectivity index (χ0v) is 15.5. The fourth-order valence-corrected chi connectivity index (χ4v) is 3.78. The minimum absolute atomic E-state index is 0.0881. The molecule has 1 aliphatic rings. The van der Waals surface area contributed by atoms with E-state index in [2.05, 4.69) is 25.6 Å². The van der Waals surface area contributed by atoms with Gasteiger partial charge in [-0.3, -0.25) is 4.79 Å². The van der Waals surface area contributed by atoms with Gasteiger partial charge in [0.15, 0.2) is 0 Å². The van der Waals surface area contributed by atoms with Crippen molar-refractivity contribution in [3.63, 3.8) is 0 Å². The third kappa shape index (κ3) is 5.88. The third-order valence-electron chi connectivity index (χ3n) is 4.35. The molecule has 0 atom stereocenters. The maximum Gasteiger partial charge on any atom is 0.387 e. The van der Waals surface area contributed by atoms with Gasteiger partial charge in [0.2, 0.25) is 11.1 Å². The molecule has 10 heteroatoms. The van der Waals surface area contributed by atoms with Crippen molar-refractivity contribution in [2.24, 2.45) is 0 Å². The van der Waals surface area contributed by atoms with Gasteiger partial charge in [0.1, 0.15) is 5.75 Å². The van der Waals surface area contributed by atoms with E-state index < -0.39 is 6.61 Å². The summed E-state index contributed by atoms with van der Waals surface area (Å²) in [6, 6.07) is 6.47. The lowest BCUT2D eigenvalue weighted by Gasteiger charge is -2.21. The number of thioether (sulfide) groups is 1. The highest BCUT2D eigenvalue weighted by atomic mass is 32.2. The predicted molar refractivity (Wildman–Crippen MR) is 95.6 cm³/mol. The highest BCUT2D eigenvalue weighted by molar-refractivity contribution is 7.99. The summed E-state index contributed by atoms with van der Waals surface area (Å²) in [6.07, 6.45) is 5.73. The summed E-state index contributed by atoms with van der Waals surface area (Å²) < 4.78 is 30.4. The fraction of sp³-hybridized carbons (Fsp3) is 0.529. The van der Waals surface area contributed by atoms with Crippen molar-refractivity contribution in [3.8, 4) is 5.75 Å². The number of aromatic nitrogens is 4. The van der Waals surface area contributed by atoms with Gasteiger partial charge in [0.25, 0.3) is 0 Å². The fourth-order valence-electron chi connectivity index (χ4n) is 3.01. The number of halogens is 2. The number of nitrogens with zero attached hydrogens (tertiary/aromatic N) is 4. The molecule has 0 bridgehead atoms. The molecular weight excluding hydrogens is 376 g/mol. The molecule has 0 aliphatic heterocycles. The smallest absolute Gasteiger partial charge is 0.387 e. The van der Waals surface area contributed by atoms with Crippen LogP contribution in [-0.4, -0.2) is 38.5 Å². The molecule has 1 N–H and O–H groups in total. The van der Waals surface area contributed by atoms with Gasteiger partial charge in [-0.15, -0.1) is 5.10 Å². The second-order valence-electron chi connectivity index (χ2n) is 6.29. The van der Waals surface area contributed by atoms with Crippen LogP contribution in [0, 0.1) is 0 Å². The van der Waals surface area contributed by atoms with Gasteiger partial charge in [-0.2, -0.15) is 8.78 Å². The molecule has 1 amide bonds. The second-order valence-corrected chi connectivity index (χ2v) is 7.23. The van der Waals surface area contributed by atoms with Crippen LogP contribution >= 0.6 is 11.8 Å². The number of amides is 1. The Morgan fingerprint density at radius 3 is 2.70 bits per heavy atom. The number of carbonyl (C=O) groups excluding carboxylic acids is 1. The molecule has 27 heavy (non-hydrogen) atoms. The second kappa shape index (κ2) is 9.63. The Labute approximate surface area is 159 Å². The van der Waals surface area contributed by atoms with Crippen molar-refractivity contribution in [1.82, 2.24) is 25.5 Å². The summed E-state index contributed by atoms with van der Waals surface area (Å²) in [5.74, 6) is 0.149. The van der Waals surface area contributed by atoms with Crippen molar-refractivity contribution in [1.29, 1.82) is 0 Å². The van der Waals surface area contributed by atoms with Crippen LogP contribution in [0.1, 0.15) is 43.7 Å². The van der Waals surface area contributed by atoms with E-state index in [1.54, 1.807) is 12.1 Å². The summed E-state index contributed by atoms with van der Waals surface area (Å²) in [5, 5.41) is 15.3. The number of alkyl halides is 2. The zero-order valence-electron chi connectivity index (χ0n) is 14.7. The van der Waals surface area contributed by atoms with Crippen LogP contribution in [0.3, 0.4) is 0 Å². The number of hydrogen-bond donors (Lipinski definition) is 1. The largest absolute Gasteiger partial charge is 0.435 e. The molecule has 1 aromatic carbocycles. The molecule has 1 aliphatic carbocycles. The van der Waals surface area contributed by atoms with Gasteiger partial charge in [-0.05, 0) is 41.0 Å². The molecule has 7 nitrogen and oxygen atoms in total. The molecular formula is C17H21F2N5O2S. The first-order chi connectivity index (χ1) is 13.1. The van der Waals surface area contributed by atoms with Gasteiger partial charge in [-0.25, -0.2) is 4.68 Å². The first kappa shape index (κ1) is 19.5. The van der Waals surface area contributed by atoms with E-state index in [-0.39, 0.29) is 17.4 Å². The Morgan fingerprint density at radius 1 is 1.26 bits per heavy atom. The molecule has 1 fully saturated rings. The van der Waals surface area contributed by atoms with E-state index in [0.29, 0.717) is 17.7 Å². The van der Waals surface area contributed by atoms with E-state index in [9.17, 15) is 13.6 Å². The zero-order chi connectivity index (χ0) is 19.1. The van der Waals surface area contributed by atoms with Crippen molar-refractivity contribution in [2.75, 3.05) is 5.75 Å². The van der Waals surface area contributed by atoms with Crippen molar-refractivity contribution < 1.29 is 18.3 Å². The molecule has 0 unspecified atom stereocenters. The Balaban J connectivity index is 1.44. The maximum atomic E-state index is 12.1. The number of tetrazole rings is 1. The van der Waals surface area contributed by atoms with E-state index in [1.165, 1.54) is 43.2 Å². The maximum absolute atomic E-state index is 12.1. The number of ether oxygens (including phenoxy) is 1. The van der Waals surface area contributed by atoms with Crippen molar-refractivity contribution in [2.45, 2.75) is 56.5 Å². The molecule has 1 saturated carbocycles. The lowest BCUT2D eigenvalue weighted by molar-refractivity contribution is -0.118. The number of hydrogen-bond acceptors (Lipinski definition) is 6. The Hall–Kier alpha value is -2.23. The van der Waals surface area contributed by atoms with E-state index >= 15 is 0 Å². The lowest BCUT2D eigenvalue weighted by Crippen LogP contribution is -2.25. The number of carbonyl (C=O) groups is 1. The average molecular weight is 397 g/mol. The molecule has 3 rings (SSSR count). The molecule has 146 valence electrons. The van der Waals surface area contributed by atoms with Crippen LogP contribution in [0.2, 0.25) is 0 Å². The SMILES string of the molecule is O=C(CSc1nnnn1C1CCCCC1)NCc1ccc(OC(F)F)cc1. The molecule has 0 saturated heterocycles. The number of nitrogens with one attached hydrogen (secondary N) is 1. The van der Waals surface area contributed by atoms with Crippen LogP contribution in [0.15, 0.2) is 29.4 Å². The predicted octanol–water partition coefficient (Wildman–Crippen LogP) is 3.19. The quantitative estimate of drug-likeness (QED) is 0.689. The van der Waals surface area contributed by atoms with Gasteiger partial charge < -0.3 is 10.1 Å². The van der Waals surface area contributed by atoms with Gasteiger partial charge >= 0.3 is 6.61 Å². The average Bonchev–Trinajstić information content (AvgIpc) is 3.15.